The third-order valence-electron chi connectivity index (χ3n) is 5.97. The molecule has 2 unspecified atom stereocenters. The highest BCUT2D eigenvalue weighted by atomic mass is 16.5. The molecule has 3 aromatic rings. The lowest BCUT2D eigenvalue weighted by Gasteiger charge is -2.36. The molecule has 0 N–H and O–H groups in total. The molecule has 5 rings (SSSR count). The molecule has 0 heterocycles. The Hall–Kier alpha value is -2.87. The molecule has 2 nitrogen and oxygen atoms in total. The van der Waals surface area contributed by atoms with Crippen molar-refractivity contribution in [1.29, 1.82) is 0 Å². The minimum Gasteiger partial charge on any atom is -0.462 e. The first-order chi connectivity index (χ1) is 15.3. The van der Waals surface area contributed by atoms with Crippen molar-refractivity contribution < 1.29 is 9.53 Å². The van der Waals surface area contributed by atoms with Gasteiger partial charge in [-0.05, 0) is 50.0 Å². The second kappa shape index (κ2) is 13.4. The van der Waals surface area contributed by atoms with Crippen molar-refractivity contribution in [1.82, 2.24) is 0 Å². The molecular weight excluding hydrogens is 380 g/mol. The summed E-state index contributed by atoms with van der Waals surface area (Å²) in [6, 6.07) is 34.4. The number of hydrogen-bond acceptors (Lipinski definition) is 2. The molecule has 2 atom stereocenters. The average Bonchev–Trinajstić information content (AvgIpc) is 2.83. The predicted octanol–water partition coefficient (Wildman–Crippen LogP) is 7.43. The second-order valence-corrected chi connectivity index (χ2v) is 8.21. The Kier molecular flexibility index (Phi) is 9.89. The SMILES string of the molecule is O=C(OC1CCCCC1)C1CCC1c1ccccc1.c1ccccc1.c1ccccc1. The maximum Gasteiger partial charge on any atom is 0.309 e. The Balaban J connectivity index is 0.000000184. The van der Waals surface area contributed by atoms with Crippen LogP contribution in [0.15, 0.2) is 103 Å². The Morgan fingerprint density at radius 3 is 1.45 bits per heavy atom. The van der Waals surface area contributed by atoms with Crippen molar-refractivity contribution in [3.05, 3.63) is 109 Å². The first-order valence-corrected chi connectivity index (χ1v) is 11.6. The highest BCUT2D eigenvalue weighted by Gasteiger charge is 2.39. The maximum atomic E-state index is 12.3. The fourth-order valence-electron chi connectivity index (χ4n) is 4.09. The molecule has 3 aromatic carbocycles. The smallest absolute Gasteiger partial charge is 0.309 e. The van der Waals surface area contributed by atoms with Gasteiger partial charge in [0.05, 0.1) is 5.92 Å². The molecule has 0 radical (unpaired) electrons. The number of benzene rings is 3. The van der Waals surface area contributed by atoms with Crippen LogP contribution in [-0.2, 0) is 9.53 Å². The van der Waals surface area contributed by atoms with Crippen molar-refractivity contribution in [3.8, 4) is 0 Å². The highest BCUT2D eigenvalue weighted by Crippen LogP contribution is 2.43. The lowest BCUT2D eigenvalue weighted by molar-refractivity contribution is -0.159. The van der Waals surface area contributed by atoms with Crippen molar-refractivity contribution in [2.24, 2.45) is 5.92 Å². The maximum absolute atomic E-state index is 12.3. The lowest BCUT2D eigenvalue weighted by atomic mass is 9.70. The van der Waals surface area contributed by atoms with E-state index in [1.807, 2.05) is 78.9 Å². The molecule has 2 aliphatic carbocycles. The number of carbonyl (C=O) groups excluding carboxylic acids is 1. The molecule has 0 bridgehead atoms. The Labute approximate surface area is 187 Å². The third-order valence-corrected chi connectivity index (χ3v) is 5.97. The van der Waals surface area contributed by atoms with Gasteiger partial charge in [-0.3, -0.25) is 4.79 Å². The fourth-order valence-corrected chi connectivity index (χ4v) is 4.09. The van der Waals surface area contributed by atoms with E-state index in [1.165, 1.54) is 24.8 Å². The van der Waals surface area contributed by atoms with Crippen LogP contribution in [0.4, 0.5) is 0 Å². The number of ether oxygens (including phenoxy) is 1. The monoisotopic (exact) mass is 414 g/mol. The summed E-state index contributed by atoms with van der Waals surface area (Å²) in [6.45, 7) is 0. The van der Waals surface area contributed by atoms with Crippen molar-refractivity contribution in [2.75, 3.05) is 0 Å². The van der Waals surface area contributed by atoms with Crippen LogP contribution in [0.5, 0.6) is 0 Å². The van der Waals surface area contributed by atoms with E-state index in [-0.39, 0.29) is 18.0 Å². The molecule has 0 aliphatic heterocycles. The van der Waals surface area contributed by atoms with Crippen molar-refractivity contribution in [3.63, 3.8) is 0 Å². The minimum atomic E-state index is 0.0482. The van der Waals surface area contributed by atoms with E-state index in [2.05, 4.69) is 24.3 Å². The zero-order valence-electron chi connectivity index (χ0n) is 18.3. The van der Waals surface area contributed by atoms with Crippen LogP contribution in [0.25, 0.3) is 0 Å². The van der Waals surface area contributed by atoms with Gasteiger partial charge in [-0.15, -0.1) is 0 Å². The summed E-state index contributed by atoms with van der Waals surface area (Å²) in [6.07, 6.45) is 8.15. The van der Waals surface area contributed by atoms with Gasteiger partial charge in [-0.2, -0.15) is 0 Å². The van der Waals surface area contributed by atoms with Gasteiger partial charge in [0.15, 0.2) is 0 Å². The number of esters is 1. The van der Waals surface area contributed by atoms with Gasteiger partial charge in [-0.25, -0.2) is 0 Å². The molecule has 0 saturated heterocycles. The van der Waals surface area contributed by atoms with Crippen LogP contribution < -0.4 is 0 Å². The Morgan fingerprint density at radius 2 is 1.03 bits per heavy atom. The average molecular weight is 415 g/mol. The molecular formula is C29H34O2. The van der Waals surface area contributed by atoms with Gasteiger partial charge in [0.2, 0.25) is 0 Å². The highest BCUT2D eigenvalue weighted by molar-refractivity contribution is 5.75. The largest absolute Gasteiger partial charge is 0.462 e. The predicted molar refractivity (Wildman–Crippen MR) is 128 cm³/mol. The second-order valence-electron chi connectivity index (χ2n) is 8.21. The van der Waals surface area contributed by atoms with Crippen LogP contribution in [-0.4, -0.2) is 12.1 Å². The zero-order chi connectivity index (χ0) is 21.6. The van der Waals surface area contributed by atoms with Crippen LogP contribution in [0.1, 0.15) is 56.4 Å². The van der Waals surface area contributed by atoms with Gasteiger partial charge in [0, 0.05) is 0 Å². The number of hydrogen-bond donors (Lipinski definition) is 0. The normalized spacial score (nSPS) is 20.0. The summed E-state index contributed by atoms with van der Waals surface area (Å²) in [5.74, 6) is 0.536. The van der Waals surface area contributed by atoms with Crippen LogP contribution >= 0.6 is 0 Å². The quantitative estimate of drug-likeness (QED) is 0.417. The van der Waals surface area contributed by atoms with E-state index in [0.29, 0.717) is 5.92 Å². The topological polar surface area (TPSA) is 26.3 Å². The van der Waals surface area contributed by atoms with E-state index < -0.39 is 0 Å². The molecule has 2 aliphatic rings. The molecule has 162 valence electrons. The molecule has 2 saturated carbocycles. The van der Waals surface area contributed by atoms with E-state index in [0.717, 1.165) is 25.7 Å². The zero-order valence-corrected chi connectivity index (χ0v) is 18.3. The van der Waals surface area contributed by atoms with E-state index in [9.17, 15) is 4.79 Å². The standard InChI is InChI=1S/C17H22O2.2C6H6/c18-17(19-14-9-5-2-6-10-14)16-12-11-15(16)13-7-3-1-4-8-13;2*1-2-4-6-5-3-1/h1,3-4,7-8,14-16H,2,5-6,9-12H2;2*1-6H. The molecule has 31 heavy (non-hydrogen) atoms. The molecule has 0 aromatic heterocycles. The lowest BCUT2D eigenvalue weighted by Crippen LogP contribution is -2.35. The molecule has 2 fully saturated rings. The number of rotatable bonds is 3. The van der Waals surface area contributed by atoms with Crippen molar-refractivity contribution in [2.45, 2.75) is 57.0 Å². The summed E-state index contributed by atoms with van der Waals surface area (Å²) in [4.78, 5) is 12.3. The molecule has 0 amide bonds. The first-order valence-electron chi connectivity index (χ1n) is 11.6. The minimum absolute atomic E-state index is 0.0482. The molecule has 2 heteroatoms. The van der Waals surface area contributed by atoms with Gasteiger partial charge < -0.3 is 4.74 Å². The summed E-state index contributed by atoms with van der Waals surface area (Å²) in [5, 5.41) is 0. The van der Waals surface area contributed by atoms with Crippen LogP contribution in [0.3, 0.4) is 0 Å². The Bertz CT molecular complexity index is 741. The van der Waals surface area contributed by atoms with E-state index in [1.54, 1.807) is 0 Å². The van der Waals surface area contributed by atoms with Crippen LogP contribution in [0, 0.1) is 5.92 Å². The van der Waals surface area contributed by atoms with E-state index in [4.69, 9.17) is 4.74 Å². The summed E-state index contributed by atoms with van der Waals surface area (Å²) >= 11 is 0. The van der Waals surface area contributed by atoms with E-state index >= 15 is 0 Å². The summed E-state index contributed by atoms with van der Waals surface area (Å²) in [7, 11) is 0. The third kappa shape index (κ3) is 8.05. The van der Waals surface area contributed by atoms with Gasteiger partial charge in [0.25, 0.3) is 0 Å². The Morgan fingerprint density at radius 1 is 0.581 bits per heavy atom. The molecule has 0 spiro atoms. The van der Waals surface area contributed by atoms with Gasteiger partial charge >= 0.3 is 5.97 Å². The first kappa shape index (κ1) is 22.8. The van der Waals surface area contributed by atoms with Crippen molar-refractivity contribution >= 4 is 5.97 Å². The van der Waals surface area contributed by atoms with Gasteiger partial charge in [0.1, 0.15) is 6.10 Å². The summed E-state index contributed by atoms with van der Waals surface area (Å²) < 4.78 is 5.71. The van der Waals surface area contributed by atoms with Crippen LogP contribution in [0.2, 0.25) is 0 Å². The fraction of sp³-hybridized carbons (Fsp3) is 0.345. The summed E-state index contributed by atoms with van der Waals surface area (Å²) in [5.41, 5.74) is 1.29. The number of carbonyl (C=O) groups is 1. The van der Waals surface area contributed by atoms with Gasteiger partial charge in [-0.1, -0.05) is 110 Å².